The summed E-state index contributed by atoms with van der Waals surface area (Å²) in [6, 6.07) is 0. The number of hydrogen-bond donors (Lipinski definition) is 7. The molecule has 0 spiro atoms. The second-order valence-electron chi connectivity index (χ2n) is 17.3. The van der Waals surface area contributed by atoms with Crippen LogP contribution in [0.5, 0.6) is 0 Å². The van der Waals surface area contributed by atoms with Gasteiger partial charge in [0.15, 0.2) is 12.6 Å². The van der Waals surface area contributed by atoms with Gasteiger partial charge in [-0.3, -0.25) is 4.79 Å². The van der Waals surface area contributed by atoms with Crippen molar-refractivity contribution in [1.82, 2.24) is 0 Å². The van der Waals surface area contributed by atoms with E-state index in [1.165, 1.54) is 109 Å². The van der Waals surface area contributed by atoms with Crippen LogP contribution in [0.3, 0.4) is 0 Å². The van der Waals surface area contributed by atoms with Gasteiger partial charge in [-0.2, -0.15) is 0 Å². The van der Waals surface area contributed by atoms with Gasteiger partial charge in [0.2, 0.25) is 0 Å². The molecule has 0 saturated carbocycles. The van der Waals surface area contributed by atoms with E-state index in [1.54, 1.807) is 0 Å². The Balaban J connectivity index is 1.79. The van der Waals surface area contributed by atoms with E-state index >= 15 is 0 Å². The van der Waals surface area contributed by atoms with E-state index in [9.17, 15) is 40.5 Å². The van der Waals surface area contributed by atoms with Crippen LogP contribution >= 0.6 is 0 Å². The molecule has 7 N–H and O–H groups in total. The molecule has 2 heterocycles. The summed E-state index contributed by atoms with van der Waals surface area (Å²) in [6.45, 7) is 3.65. The molecule has 11 unspecified atom stereocenters. The molecule has 360 valence electrons. The molecule has 0 radical (unpaired) electrons. The van der Waals surface area contributed by atoms with Crippen LogP contribution in [0.4, 0.5) is 0 Å². The summed E-state index contributed by atoms with van der Waals surface area (Å²) in [5, 5.41) is 72.0. The third kappa shape index (κ3) is 24.6. The van der Waals surface area contributed by atoms with Crippen molar-refractivity contribution in [3.63, 3.8) is 0 Å². The van der Waals surface area contributed by atoms with Gasteiger partial charge in [-0.1, -0.05) is 154 Å². The minimum absolute atomic E-state index is 0.0621. The number of esters is 1. The van der Waals surface area contributed by atoms with Crippen molar-refractivity contribution in [2.75, 3.05) is 33.0 Å². The maximum absolute atomic E-state index is 13.0. The molecular weight excluding hydrogens is 789 g/mol. The largest absolute Gasteiger partial charge is 0.457 e. The van der Waals surface area contributed by atoms with Crippen LogP contribution in [0.1, 0.15) is 181 Å². The number of carbonyl (C=O) groups excluding carboxylic acids is 1. The molecule has 2 rings (SSSR count). The lowest BCUT2D eigenvalue weighted by Gasteiger charge is -2.42. The summed E-state index contributed by atoms with van der Waals surface area (Å²) < 4.78 is 34.2. The molecule has 61 heavy (non-hydrogen) atoms. The van der Waals surface area contributed by atoms with Crippen LogP contribution in [0.15, 0.2) is 12.2 Å². The fraction of sp³-hybridized carbons (Fsp3) is 0.936. The minimum atomic E-state index is -1.70. The van der Waals surface area contributed by atoms with E-state index in [2.05, 4.69) is 26.0 Å². The third-order valence-electron chi connectivity index (χ3n) is 11.8. The number of aliphatic hydroxyl groups excluding tert-OH is 7. The Bertz CT molecular complexity index is 1060. The van der Waals surface area contributed by atoms with Crippen molar-refractivity contribution in [1.29, 1.82) is 0 Å². The lowest BCUT2D eigenvalue weighted by molar-refractivity contribution is -0.332. The standard InChI is InChI=1S/C47H88O14/c1-3-5-7-9-11-13-15-17-18-19-20-22-24-26-28-30-39(49)59-36(33-56-31-29-27-25-23-21-16-14-12-10-8-6-4-2)34-57-46-45(55)43(53)41(51)38(61-46)35-58-47-44(54)42(52)40(50)37(32-48)60-47/h10,12,36-38,40-48,50-55H,3-9,11,13-35H2,1-2H3/b12-10-. The first-order chi connectivity index (χ1) is 29.6. The van der Waals surface area contributed by atoms with Crippen LogP contribution in [-0.2, 0) is 33.2 Å². The van der Waals surface area contributed by atoms with Gasteiger partial charge in [-0.15, -0.1) is 0 Å². The van der Waals surface area contributed by atoms with Crippen LogP contribution < -0.4 is 0 Å². The van der Waals surface area contributed by atoms with Crippen LogP contribution in [0.25, 0.3) is 0 Å². The van der Waals surface area contributed by atoms with Gasteiger partial charge in [0.1, 0.15) is 54.9 Å². The van der Waals surface area contributed by atoms with E-state index in [1.807, 2.05) is 0 Å². The molecule has 0 aromatic rings. The smallest absolute Gasteiger partial charge is 0.306 e. The maximum Gasteiger partial charge on any atom is 0.306 e. The summed E-state index contributed by atoms with van der Waals surface area (Å²) in [7, 11) is 0. The summed E-state index contributed by atoms with van der Waals surface area (Å²) in [5.41, 5.74) is 0. The van der Waals surface area contributed by atoms with E-state index in [0.29, 0.717) is 13.0 Å². The first-order valence-corrected chi connectivity index (χ1v) is 24.3. The van der Waals surface area contributed by atoms with Crippen molar-refractivity contribution in [2.45, 2.75) is 248 Å². The molecule has 0 aromatic carbocycles. The number of aliphatic hydroxyl groups is 7. The summed E-state index contributed by atoms with van der Waals surface area (Å²) in [6.07, 6.45) is 18.5. The molecule has 0 aliphatic carbocycles. The van der Waals surface area contributed by atoms with Gasteiger partial charge in [-0.25, -0.2) is 0 Å². The molecule has 14 heteroatoms. The minimum Gasteiger partial charge on any atom is -0.457 e. The SMILES string of the molecule is CCCC/C=C\CCCCCCCCOCC(COC1OC(COC2OC(CO)C(O)C(O)C2O)C(O)C(O)C1O)OC(=O)CCCCCCCCCCCCCCCCC. The summed E-state index contributed by atoms with van der Waals surface area (Å²) in [4.78, 5) is 13.0. The van der Waals surface area contributed by atoms with Crippen LogP contribution in [0.2, 0.25) is 0 Å². The summed E-state index contributed by atoms with van der Waals surface area (Å²) in [5.74, 6) is -0.376. The highest BCUT2D eigenvalue weighted by molar-refractivity contribution is 5.69. The van der Waals surface area contributed by atoms with E-state index in [-0.39, 0.29) is 25.6 Å². The van der Waals surface area contributed by atoms with Crippen LogP contribution in [-0.4, -0.2) is 142 Å². The van der Waals surface area contributed by atoms with Gasteiger partial charge in [-0.05, 0) is 32.1 Å². The highest BCUT2D eigenvalue weighted by Crippen LogP contribution is 2.26. The number of ether oxygens (including phenoxy) is 6. The van der Waals surface area contributed by atoms with Crippen molar-refractivity contribution in [3.8, 4) is 0 Å². The van der Waals surface area contributed by atoms with E-state index in [0.717, 1.165) is 44.9 Å². The Morgan fingerprint density at radius 1 is 0.525 bits per heavy atom. The highest BCUT2D eigenvalue weighted by Gasteiger charge is 2.47. The Labute approximate surface area is 367 Å². The molecule has 0 aromatic heterocycles. The van der Waals surface area contributed by atoms with Crippen molar-refractivity contribution in [3.05, 3.63) is 12.2 Å². The fourth-order valence-electron chi connectivity index (χ4n) is 7.74. The topological polar surface area (TPSA) is 214 Å². The highest BCUT2D eigenvalue weighted by atomic mass is 16.7. The Morgan fingerprint density at radius 3 is 1.54 bits per heavy atom. The van der Waals surface area contributed by atoms with E-state index < -0.39 is 80.7 Å². The molecule has 14 nitrogen and oxygen atoms in total. The molecule has 2 aliphatic heterocycles. The maximum atomic E-state index is 13.0. The number of hydrogen-bond acceptors (Lipinski definition) is 14. The van der Waals surface area contributed by atoms with E-state index in [4.69, 9.17) is 28.4 Å². The Hall–Kier alpha value is -1.27. The van der Waals surface area contributed by atoms with Gasteiger partial charge >= 0.3 is 5.97 Å². The lowest BCUT2D eigenvalue weighted by Crippen LogP contribution is -2.61. The second kappa shape index (κ2) is 36.0. The first-order valence-electron chi connectivity index (χ1n) is 24.3. The number of rotatable bonds is 38. The molecule has 2 saturated heterocycles. The average Bonchev–Trinajstić information content (AvgIpc) is 3.25. The Kier molecular flexibility index (Phi) is 33.0. The van der Waals surface area contributed by atoms with Gasteiger partial charge in [0, 0.05) is 13.0 Å². The van der Waals surface area contributed by atoms with Gasteiger partial charge in [0.05, 0.1) is 26.4 Å². The Morgan fingerprint density at radius 2 is 0.984 bits per heavy atom. The first kappa shape index (κ1) is 55.9. The predicted molar refractivity (Wildman–Crippen MR) is 234 cm³/mol. The van der Waals surface area contributed by atoms with Crippen molar-refractivity contribution >= 4 is 5.97 Å². The number of allylic oxidation sites excluding steroid dienone is 2. The zero-order chi connectivity index (χ0) is 44.5. The monoisotopic (exact) mass is 877 g/mol. The van der Waals surface area contributed by atoms with Gasteiger partial charge < -0.3 is 64.2 Å². The molecule has 0 amide bonds. The second-order valence-corrected chi connectivity index (χ2v) is 17.3. The summed E-state index contributed by atoms with van der Waals surface area (Å²) >= 11 is 0. The van der Waals surface area contributed by atoms with Gasteiger partial charge in [0.25, 0.3) is 0 Å². The lowest BCUT2D eigenvalue weighted by atomic mass is 9.98. The van der Waals surface area contributed by atoms with Crippen LogP contribution in [0, 0.1) is 0 Å². The molecule has 0 bridgehead atoms. The molecule has 11 atom stereocenters. The normalized spacial score (nSPS) is 27.5. The van der Waals surface area contributed by atoms with Crippen molar-refractivity contribution in [2.24, 2.45) is 0 Å². The fourth-order valence-corrected chi connectivity index (χ4v) is 7.74. The van der Waals surface area contributed by atoms with Crippen molar-refractivity contribution < 1.29 is 69.0 Å². The molecular formula is C47H88O14. The molecule has 2 aliphatic rings. The predicted octanol–water partition coefficient (Wildman–Crippen LogP) is 6.29. The number of carbonyl (C=O) groups is 1. The molecule has 2 fully saturated rings. The average molecular weight is 877 g/mol. The third-order valence-corrected chi connectivity index (χ3v) is 11.8. The quantitative estimate of drug-likeness (QED) is 0.0206. The number of unbranched alkanes of at least 4 members (excludes halogenated alkanes) is 22. The zero-order valence-corrected chi connectivity index (χ0v) is 37.9. The zero-order valence-electron chi connectivity index (χ0n) is 37.9.